The van der Waals surface area contributed by atoms with E-state index < -0.39 is 7.59 Å². The van der Waals surface area contributed by atoms with Crippen LogP contribution in [0.1, 0.15) is 22.8 Å². The van der Waals surface area contributed by atoms with E-state index in [0.717, 1.165) is 23.3 Å². The highest BCUT2D eigenvalue weighted by atomic mass is 35.6. The highest BCUT2D eigenvalue weighted by molar-refractivity contribution is 6.67. The Bertz CT molecular complexity index is 951. The quantitative estimate of drug-likeness (QED) is 0.362. The summed E-state index contributed by atoms with van der Waals surface area (Å²) < 4.78 is 1.39. The molecule has 29 heavy (non-hydrogen) atoms. The monoisotopic (exact) mass is 509 g/mol. The van der Waals surface area contributed by atoms with E-state index in [4.69, 9.17) is 74.3 Å². The van der Waals surface area contributed by atoms with Gasteiger partial charge in [-0.05, 0) is 29.7 Å². The van der Waals surface area contributed by atoms with Crippen molar-refractivity contribution in [3.8, 4) is 17.1 Å². The molecule has 0 aliphatic heterocycles. The second-order valence-electron chi connectivity index (χ2n) is 6.02. The summed E-state index contributed by atoms with van der Waals surface area (Å²) in [6.45, 7) is 0. The Morgan fingerprint density at radius 3 is 1.55 bits per heavy atom. The Hall–Kier alpha value is -1.01. The Morgan fingerprint density at radius 1 is 0.690 bits per heavy atom. The van der Waals surface area contributed by atoms with E-state index >= 15 is 0 Å². The minimum absolute atomic E-state index is 0.129. The van der Waals surface area contributed by atoms with Gasteiger partial charge < -0.3 is 4.74 Å². The molecule has 0 radical (unpaired) electrons. The minimum Gasteiger partial charge on any atom is -0.497 e. The Morgan fingerprint density at radius 2 is 1.14 bits per heavy atom. The third kappa shape index (κ3) is 6.00. The Labute approximate surface area is 198 Å². The topological polar surface area (TPSA) is 47.9 Å². The molecule has 1 aromatic heterocycles. The zero-order valence-electron chi connectivity index (χ0n) is 14.8. The molecule has 0 atom stereocenters. The molecule has 4 nitrogen and oxygen atoms in total. The predicted molar refractivity (Wildman–Crippen MR) is 120 cm³/mol. The van der Waals surface area contributed by atoms with Gasteiger partial charge in [0.05, 0.1) is 7.11 Å². The van der Waals surface area contributed by atoms with E-state index in [1.807, 2.05) is 48.5 Å². The number of benzene rings is 2. The maximum atomic E-state index is 5.92. The molecule has 0 spiro atoms. The normalized spacial score (nSPS) is 12.1. The van der Waals surface area contributed by atoms with Crippen LogP contribution in [0.2, 0.25) is 0 Å². The van der Waals surface area contributed by atoms with Gasteiger partial charge in [-0.1, -0.05) is 106 Å². The number of ether oxygens (including phenoxy) is 1. The molecule has 0 aliphatic rings. The zero-order chi connectivity index (χ0) is 21.2. The molecule has 3 aromatic rings. The number of halogens is 6. The molecule has 0 amide bonds. The Kier molecular flexibility index (Phi) is 7.04. The first kappa shape index (κ1) is 22.7. The number of hydrogen-bond acceptors (Lipinski definition) is 4. The van der Waals surface area contributed by atoms with Crippen LogP contribution in [0.15, 0.2) is 48.5 Å². The van der Waals surface area contributed by atoms with Crippen LogP contribution in [0.25, 0.3) is 11.4 Å². The van der Waals surface area contributed by atoms with Crippen molar-refractivity contribution in [1.82, 2.24) is 15.0 Å². The molecule has 152 valence electrons. The average molecular weight is 512 g/mol. The van der Waals surface area contributed by atoms with Gasteiger partial charge in [-0.3, -0.25) is 0 Å². The maximum absolute atomic E-state index is 5.92. The second kappa shape index (κ2) is 9.01. The maximum Gasteiger partial charge on any atom is 0.250 e. The number of methoxy groups -OCH3 is 1. The van der Waals surface area contributed by atoms with Crippen LogP contribution >= 0.6 is 69.6 Å². The molecule has 10 heteroatoms. The molecule has 0 N–H and O–H groups in total. The van der Waals surface area contributed by atoms with Gasteiger partial charge in [0.15, 0.2) is 17.5 Å². The first-order valence-electron chi connectivity index (χ1n) is 8.19. The fourth-order valence-electron chi connectivity index (χ4n) is 2.51. The van der Waals surface area contributed by atoms with Crippen molar-refractivity contribution in [3.63, 3.8) is 0 Å². The van der Waals surface area contributed by atoms with E-state index in [1.165, 1.54) is 0 Å². The number of nitrogens with zero attached hydrogens (tertiary/aromatic N) is 3. The first-order chi connectivity index (χ1) is 13.6. The van der Waals surface area contributed by atoms with Crippen molar-refractivity contribution >= 4 is 69.6 Å². The summed E-state index contributed by atoms with van der Waals surface area (Å²) in [5.74, 6) is 0.791. The number of rotatable bonds is 4. The van der Waals surface area contributed by atoms with Crippen LogP contribution in [0.3, 0.4) is 0 Å². The predicted octanol–water partition coefficient (Wildman–Crippen LogP) is 6.79. The van der Waals surface area contributed by atoms with Crippen LogP contribution in [0.5, 0.6) is 5.75 Å². The van der Waals surface area contributed by atoms with Gasteiger partial charge >= 0.3 is 0 Å². The average Bonchev–Trinajstić information content (AvgIpc) is 2.67. The SMILES string of the molecule is COc1ccc(Cc2ccc(-c3nc(C(Cl)(Cl)Cl)nc(C(Cl)(Cl)Cl)n3)cc2)cc1. The fraction of sp³-hybridized carbons (Fsp3) is 0.211. The van der Waals surface area contributed by atoms with Gasteiger partial charge in [-0.2, -0.15) is 0 Å². The van der Waals surface area contributed by atoms with Gasteiger partial charge in [-0.15, -0.1) is 0 Å². The van der Waals surface area contributed by atoms with E-state index in [-0.39, 0.29) is 17.5 Å². The summed E-state index contributed by atoms with van der Waals surface area (Å²) in [5, 5.41) is 0. The molecule has 2 aromatic carbocycles. The van der Waals surface area contributed by atoms with Crippen molar-refractivity contribution in [2.24, 2.45) is 0 Å². The zero-order valence-corrected chi connectivity index (χ0v) is 19.4. The summed E-state index contributed by atoms with van der Waals surface area (Å²) in [4.78, 5) is 12.4. The lowest BCUT2D eigenvalue weighted by Gasteiger charge is -2.15. The highest BCUT2D eigenvalue weighted by Crippen LogP contribution is 2.40. The molecule has 0 fully saturated rings. The molecule has 0 aliphatic carbocycles. The Balaban J connectivity index is 1.90. The molecule has 1 heterocycles. The van der Waals surface area contributed by atoms with Gasteiger partial charge in [0.25, 0.3) is 0 Å². The summed E-state index contributed by atoms with van der Waals surface area (Å²) in [5.41, 5.74) is 2.91. The standard InChI is InChI=1S/C19H13Cl6N3O/c1-29-14-8-4-12(5-9-14)10-11-2-6-13(7-3-11)15-26-16(18(20,21)22)28-17(27-15)19(23,24)25/h2-9H,10H2,1H3. The van der Waals surface area contributed by atoms with Crippen LogP contribution in [-0.4, -0.2) is 22.1 Å². The van der Waals surface area contributed by atoms with Gasteiger partial charge in [-0.25, -0.2) is 15.0 Å². The second-order valence-corrected chi connectivity index (χ2v) is 10.6. The lowest BCUT2D eigenvalue weighted by atomic mass is 10.0. The largest absolute Gasteiger partial charge is 0.497 e. The summed E-state index contributed by atoms with van der Waals surface area (Å²) >= 11 is 35.5. The minimum atomic E-state index is -1.89. The molecule has 0 saturated carbocycles. The third-order valence-corrected chi connectivity index (χ3v) is 4.94. The lowest BCUT2D eigenvalue weighted by Crippen LogP contribution is -2.16. The lowest BCUT2D eigenvalue weighted by molar-refractivity contribution is 0.414. The smallest absolute Gasteiger partial charge is 0.250 e. The highest BCUT2D eigenvalue weighted by Gasteiger charge is 2.34. The van der Waals surface area contributed by atoms with Crippen LogP contribution in [-0.2, 0) is 14.0 Å². The van der Waals surface area contributed by atoms with Crippen molar-refractivity contribution in [2.75, 3.05) is 7.11 Å². The fourth-order valence-corrected chi connectivity index (χ4v) is 3.02. The first-order valence-corrected chi connectivity index (χ1v) is 10.5. The van der Waals surface area contributed by atoms with Crippen molar-refractivity contribution in [3.05, 3.63) is 71.3 Å². The van der Waals surface area contributed by atoms with E-state index in [9.17, 15) is 0 Å². The summed E-state index contributed by atoms with van der Waals surface area (Å²) in [6.07, 6.45) is 0.750. The molecule has 0 bridgehead atoms. The molecule has 0 saturated heterocycles. The number of aromatic nitrogens is 3. The summed E-state index contributed by atoms with van der Waals surface area (Å²) in [6, 6.07) is 15.5. The van der Waals surface area contributed by atoms with Crippen LogP contribution in [0.4, 0.5) is 0 Å². The van der Waals surface area contributed by atoms with E-state index in [0.29, 0.717) is 5.56 Å². The van der Waals surface area contributed by atoms with Crippen LogP contribution < -0.4 is 4.74 Å². The van der Waals surface area contributed by atoms with Crippen molar-refractivity contribution in [1.29, 1.82) is 0 Å². The van der Waals surface area contributed by atoms with Crippen LogP contribution in [0, 0.1) is 0 Å². The van der Waals surface area contributed by atoms with E-state index in [1.54, 1.807) is 7.11 Å². The molecular formula is C19H13Cl6N3O. The van der Waals surface area contributed by atoms with Crippen molar-refractivity contribution < 1.29 is 4.74 Å². The third-order valence-electron chi connectivity index (χ3n) is 3.92. The number of hydrogen-bond donors (Lipinski definition) is 0. The molecule has 0 unspecified atom stereocenters. The van der Waals surface area contributed by atoms with Gasteiger partial charge in [0.1, 0.15) is 5.75 Å². The summed E-state index contributed by atoms with van der Waals surface area (Å²) in [7, 11) is 1.64. The van der Waals surface area contributed by atoms with Crippen molar-refractivity contribution in [2.45, 2.75) is 14.0 Å². The van der Waals surface area contributed by atoms with Gasteiger partial charge in [0.2, 0.25) is 7.59 Å². The van der Waals surface area contributed by atoms with E-state index in [2.05, 4.69) is 15.0 Å². The molecule has 3 rings (SSSR count). The van der Waals surface area contributed by atoms with Gasteiger partial charge in [0, 0.05) is 5.56 Å². The number of alkyl halides is 6. The molecular weight excluding hydrogens is 499 g/mol.